The highest BCUT2D eigenvalue weighted by Crippen LogP contribution is 2.40. The summed E-state index contributed by atoms with van der Waals surface area (Å²) in [4.78, 5) is 13.6. The molecule has 4 rings (SSSR count). The Morgan fingerprint density at radius 2 is 1.76 bits per heavy atom. The Balaban J connectivity index is 1.93. The normalized spacial score (nSPS) is 11.8. The van der Waals surface area contributed by atoms with E-state index in [4.69, 9.17) is 25.8 Å². The van der Waals surface area contributed by atoms with Crippen molar-refractivity contribution in [3.05, 3.63) is 61.9 Å². The molecule has 0 saturated carbocycles. The molecule has 0 aliphatic rings. The average Bonchev–Trinajstić information content (AvgIpc) is 3.28. The summed E-state index contributed by atoms with van der Waals surface area (Å²) < 4.78 is 18.2. The molecule has 0 fully saturated rings. The fourth-order valence-corrected chi connectivity index (χ4v) is 4.18. The third-order valence-electron chi connectivity index (χ3n) is 4.38. The fraction of sp³-hybridized carbons (Fsp3) is 0.150. The molecule has 148 valence electrons. The first-order valence-electron chi connectivity index (χ1n) is 8.52. The Bertz CT molecular complexity index is 1320. The molecule has 4 aromatic rings. The van der Waals surface area contributed by atoms with E-state index < -0.39 is 0 Å². The summed E-state index contributed by atoms with van der Waals surface area (Å²) in [5.41, 5.74) is 1.09. The topological polar surface area (TPSA) is 75.0 Å². The lowest BCUT2D eigenvalue weighted by atomic mass is 10.1. The summed E-state index contributed by atoms with van der Waals surface area (Å²) in [5.74, 6) is 1.87. The van der Waals surface area contributed by atoms with E-state index in [1.807, 2.05) is 12.1 Å². The number of thiazole rings is 1. The van der Waals surface area contributed by atoms with Crippen molar-refractivity contribution < 1.29 is 14.2 Å². The quantitative estimate of drug-likeness (QED) is 0.485. The molecule has 9 heteroatoms. The van der Waals surface area contributed by atoms with Crippen LogP contribution in [0.3, 0.4) is 0 Å². The summed E-state index contributed by atoms with van der Waals surface area (Å²) in [7, 11) is 4.62. The van der Waals surface area contributed by atoms with Gasteiger partial charge in [-0.05, 0) is 30.3 Å². The van der Waals surface area contributed by atoms with Crippen molar-refractivity contribution in [2.24, 2.45) is 0 Å². The third kappa shape index (κ3) is 3.20. The smallest absolute Gasteiger partial charge is 0.276 e. The minimum atomic E-state index is -0.234. The number of methoxy groups -OCH3 is 3. The van der Waals surface area contributed by atoms with Gasteiger partial charge in [-0.1, -0.05) is 35.1 Å². The molecule has 0 saturated heterocycles. The molecule has 7 nitrogen and oxygen atoms in total. The van der Waals surface area contributed by atoms with Gasteiger partial charge in [0.2, 0.25) is 10.7 Å². The second-order valence-electron chi connectivity index (χ2n) is 5.96. The number of aromatic nitrogens is 3. The Kier molecular flexibility index (Phi) is 5.12. The minimum absolute atomic E-state index is 0.234. The zero-order valence-electron chi connectivity index (χ0n) is 15.8. The summed E-state index contributed by atoms with van der Waals surface area (Å²) in [6.07, 6.45) is 1.73. The number of nitrogens with zero attached hydrogens (tertiary/aromatic N) is 3. The van der Waals surface area contributed by atoms with Crippen molar-refractivity contribution >= 4 is 34.0 Å². The van der Waals surface area contributed by atoms with Gasteiger partial charge in [0.25, 0.3) is 5.56 Å². The Morgan fingerprint density at radius 3 is 2.45 bits per heavy atom. The molecule has 0 aliphatic carbocycles. The molecule has 2 aromatic carbocycles. The lowest BCUT2D eigenvalue weighted by molar-refractivity contribution is 0.324. The van der Waals surface area contributed by atoms with Gasteiger partial charge in [0.1, 0.15) is 0 Å². The summed E-state index contributed by atoms with van der Waals surface area (Å²) in [5, 5.41) is 8.78. The van der Waals surface area contributed by atoms with Gasteiger partial charge >= 0.3 is 0 Å². The van der Waals surface area contributed by atoms with Crippen molar-refractivity contribution in [1.82, 2.24) is 14.6 Å². The van der Waals surface area contributed by atoms with Crippen LogP contribution < -0.4 is 24.3 Å². The fourth-order valence-electron chi connectivity index (χ4n) is 3.06. The number of rotatable bonds is 5. The van der Waals surface area contributed by atoms with Gasteiger partial charge in [-0.2, -0.15) is 0 Å². The lowest BCUT2D eigenvalue weighted by Gasteiger charge is -2.13. The number of ether oxygens (including phenoxy) is 3. The standard InChI is InChI=1S/C20H16ClN3O4S/c1-26-14-9-8-11(16(27-2)17(14)28-3)10-15-19(25)24-18(22-23-20(24)29-15)12-6-4-5-7-13(12)21/h4-10H,1-3H3. The van der Waals surface area contributed by atoms with E-state index in [0.717, 1.165) is 0 Å². The van der Waals surface area contributed by atoms with Crippen molar-refractivity contribution in [1.29, 1.82) is 0 Å². The van der Waals surface area contributed by atoms with E-state index in [9.17, 15) is 4.79 Å². The number of hydrogen-bond donors (Lipinski definition) is 0. The molecule has 2 aromatic heterocycles. The number of hydrogen-bond acceptors (Lipinski definition) is 7. The predicted octanol–water partition coefficient (Wildman–Crippen LogP) is 3.04. The molecule has 0 amide bonds. The molecular weight excluding hydrogens is 414 g/mol. The largest absolute Gasteiger partial charge is 0.493 e. The second kappa shape index (κ2) is 7.73. The Hall–Kier alpha value is -3.10. The highest BCUT2D eigenvalue weighted by atomic mass is 35.5. The maximum atomic E-state index is 13.1. The SMILES string of the molecule is COc1ccc(C=c2sc3nnc(-c4ccccc4Cl)n3c2=O)c(OC)c1OC. The van der Waals surface area contributed by atoms with E-state index >= 15 is 0 Å². The molecule has 0 unspecified atom stereocenters. The van der Waals surface area contributed by atoms with E-state index in [-0.39, 0.29) is 5.56 Å². The predicted molar refractivity (Wildman–Crippen MR) is 112 cm³/mol. The molecule has 0 N–H and O–H groups in total. The summed E-state index contributed by atoms with van der Waals surface area (Å²) in [6, 6.07) is 10.8. The van der Waals surface area contributed by atoms with Crippen LogP contribution in [0, 0.1) is 0 Å². The number of fused-ring (bicyclic) bond motifs is 1. The van der Waals surface area contributed by atoms with Crippen LogP contribution in [-0.2, 0) is 0 Å². The zero-order valence-corrected chi connectivity index (χ0v) is 17.4. The van der Waals surface area contributed by atoms with Crippen molar-refractivity contribution in [3.63, 3.8) is 0 Å². The molecule has 0 aliphatic heterocycles. The van der Waals surface area contributed by atoms with Gasteiger partial charge in [0, 0.05) is 11.1 Å². The first kappa shape index (κ1) is 19.2. The highest BCUT2D eigenvalue weighted by molar-refractivity contribution is 7.15. The lowest BCUT2D eigenvalue weighted by Crippen LogP contribution is -2.23. The molecule has 29 heavy (non-hydrogen) atoms. The molecule has 0 atom stereocenters. The van der Waals surface area contributed by atoms with Crippen LogP contribution in [-0.4, -0.2) is 35.9 Å². The Labute approximate surface area is 174 Å². The third-order valence-corrected chi connectivity index (χ3v) is 5.67. The van der Waals surface area contributed by atoms with Crippen LogP contribution in [0.15, 0.2) is 41.2 Å². The van der Waals surface area contributed by atoms with Gasteiger partial charge in [-0.3, -0.25) is 4.79 Å². The first-order valence-corrected chi connectivity index (χ1v) is 9.72. The van der Waals surface area contributed by atoms with Crippen LogP contribution in [0.5, 0.6) is 17.2 Å². The van der Waals surface area contributed by atoms with E-state index in [1.165, 1.54) is 30.0 Å². The van der Waals surface area contributed by atoms with E-state index in [1.54, 1.807) is 37.5 Å². The minimum Gasteiger partial charge on any atom is -0.493 e. The maximum Gasteiger partial charge on any atom is 0.276 e. The molecule has 2 heterocycles. The zero-order chi connectivity index (χ0) is 20.5. The second-order valence-corrected chi connectivity index (χ2v) is 7.38. The Morgan fingerprint density at radius 1 is 1.00 bits per heavy atom. The van der Waals surface area contributed by atoms with E-state index in [2.05, 4.69) is 10.2 Å². The van der Waals surface area contributed by atoms with Crippen LogP contribution >= 0.6 is 22.9 Å². The number of halogens is 1. The van der Waals surface area contributed by atoms with E-state index in [0.29, 0.717) is 48.7 Å². The van der Waals surface area contributed by atoms with Crippen molar-refractivity contribution in [2.75, 3.05) is 21.3 Å². The molecular formula is C20H16ClN3O4S. The number of benzene rings is 2. The van der Waals surface area contributed by atoms with Gasteiger partial charge < -0.3 is 14.2 Å². The van der Waals surface area contributed by atoms with Crippen LogP contribution in [0.2, 0.25) is 5.02 Å². The van der Waals surface area contributed by atoms with Crippen LogP contribution in [0.25, 0.3) is 22.4 Å². The molecule has 0 bridgehead atoms. The maximum absolute atomic E-state index is 13.1. The van der Waals surface area contributed by atoms with Crippen LogP contribution in [0.1, 0.15) is 5.56 Å². The summed E-state index contributed by atoms with van der Waals surface area (Å²) in [6.45, 7) is 0. The highest BCUT2D eigenvalue weighted by Gasteiger charge is 2.18. The van der Waals surface area contributed by atoms with Crippen molar-refractivity contribution in [3.8, 4) is 28.6 Å². The monoisotopic (exact) mass is 429 g/mol. The summed E-state index contributed by atoms with van der Waals surface area (Å²) >= 11 is 7.51. The van der Waals surface area contributed by atoms with Gasteiger partial charge in [0.05, 0.1) is 30.9 Å². The average molecular weight is 430 g/mol. The van der Waals surface area contributed by atoms with Gasteiger partial charge in [-0.15, -0.1) is 10.2 Å². The van der Waals surface area contributed by atoms with Gasteiger partial charge in [0.15, 0.2) is 17.3 Å². The van der Waals surface area contributed by atoms with Crippen molar-refractivity contribution in [2.45, 2.75) is 0 Å². The van der Waals surface area contributed by atoms with Crippen LogP contribution in [0.4, 0.5) is 0 Å². The molecule has 0 radical (unpaired) electrons. The van der Waals surface area contributed by atoms with Gasteiger partial charge in [-0.25, -0.2) is 4.40 Å². The first-order chi connectivity index (χ1) is 14.1. The molecule has 0 spiro atoms.